The number of rotatable bonds is 6. The molecule has 2 N–H and O–H groups in total. The summed E-state index contributed by atoms with van der Waals surface area (Å²) in [6.07, 6.45) is 0. The van der Waals surface area contributed by atoms with Crippen LogP contribution >= 0.6 is 0 Å². The summed E-state index contributed by atoms with van der Waals surface area (Å²) < 4.78 is 11.1. The Morgan fingerprint density at radius 1 is 0.885 bits per heavy atom. The van der Waals surface area contributed by atoms with E-state index in [4.69, 9.17) is 9.47 Å². The summed E-state index contributed by atoms with van der Waals surface area (Å²) in [6.45, 7) is 0.371. The number of carbonyl (C=O) groups excluding carboxylic acids is 1. The second kappa shape index (κ2) is 8.58. The second-order valence-electron chi connectivity index (χ2n) is 5.58. The number of para-hydroxylation sites is 3. The quantitative estimate of drug-likeness (QED) is 0.665. The van der Waals surface area contributed by atoms with Gasteiger partial charge in [-0.1, -0.05) is 42.5 Å². The molecule has 0 aromatic heterocycles. The normalized spacial score (nSPS) is 10.0. The number of urea groups is 1. The fraction of sp³-hybridized carbons (Fsp3) is 0.0952. The maximum atomic E-state index is 12.2. The highest BCUT2D eigenvalue weighted by atomic mass is 16.5. The molecule has 0 unspecified atom stereocenters. The van der Waals surface area contributed by atoms with E-state index in [1.807, 2.05) is 72.8 Å². The fourth-order valence-electron chi connectivity index (χ4n) is 2.43. The van der Waals surface area contributed by atoms with Gasteiger partial charge in [0.15, 0.2) is 0 Å². The Balaban J connectivity index is 1.65. The van der Waals surface area contributed by atoms with Crippen LogP contribution in [0.2, 0.25) is 0 Å². The predicted octanol–water partition coefficient (Wildman–Crippen LogP) is 4.92. The Morgan fingerprint density at radius 2 is 1.65 bits per heavy atom. The maximum Gasteiger partial charge on any atom is 0.323 e. The predicted molar refractivity (Wildman–Crippen MR) is 103 cm³/mol. The monoisotopic (exact) mass is 348 g/mol. The summed E-state index contributed by atoms with van der Waals surface area (Å²) in [4.78, 5) is 12.2. The van der Waals surface area contributed by atoms with Gasteiger partial charge in [0.1, 0.15) is 18.1 Å². The highest BCUT2D eigenvalue weighted by Gasteiger charge is 2.08. The molecule has 132 valence electrons. The first kappa shape index (κ1) is 17.4. The van der Waals surface area contributed by atoms with E-state index in [9.17, 15) is 4.79 Å². The van der Waals surface area contributed by atoms with Crippen LogP contribution in [0.5, 0.6) is 11.5 Å². The molecule has 2 amide bonds. The Bertz CT molecular complexity index is 866. The average Bonchev–Trinajstić information content (AvgIpc) is 2.68. The zero-order valence-corrected chi connectivity index (χ0v) is 14.4. The highest BCUT2D eigenvalue weighted by Crippen LogP contribution is 2.25. The number of carbonyl (C=O) groups is 1. The number of benzene rings is 3. The molecule has 0 atom stereocenters. The lowest BCUT2D eigenvalue weighted by Crippen LogP contribution is -2.19. The van der Waals surface area contributed by atoms with Gasteiger partial charge in [-0.05, 0) is 42.0 Å². The Labute approximate surface area is 152 Å². The molecule has 3 aromatic carbocycles. The average molecular weight is 348 g/mol. The summed E-state index contributed by atoms with van der Waals surface area (Å²) in [7, 11) is 1.63. The van der Waals surface area contributed by atoms with Crippen LogP contribution in [0.15, 0.2) is 78.9 Å². The molecular formula is C21H20N2O3. The van der Waals surface area contributed by atoms with Gasteiger partial charge in [-0.3, -0.25) is 0 Å². The molecule has 26 heavy (non-hydrogen) atoms. The van der Waals surface area contributed by atoms with Crippen molar-refractivity contribution in [1.82, 2.24) is 0 Å². The van der Waals surface area contributed by atoms with Gasteiger partial charge in [-0.2, -0.15) is 0 Å². The molecule has 0 aliphatic carbocycles. The highest BCUT2D eigenvalue weighted by molar-refractivity contribution is 6.00. The minimum absolute atomic E-state index is 0.325. The van der Waals surface area contributed by atoms with E-state index in [1.54, 1.807) is 13.2 Å². The molecule has 0 radical (unpaired) electrons. The van der Waals surface area contributed by atoms with Crippen molar-refractivity contribution in [3.8, 4) is 11.5 Å². The molecule has 5 nitrogen and oxygen atoms in total. The van der Waals surface area contributed by atoms with Crippen molar-refractivity contribution in [2.45, 2.75) is 6.61 Å². The van der Waals surface area contributed by atoms with Crippen LogP contribution in [0.4, 0.5) is 16.2 Å². The largest absolute Gasteiger partial charge is 0.497 e. The van der Waals surface area contributed by atoms with Gasteiger partial charge in [0.25, 0.3) is 0 Å². The van der Waals surface area contributed by atoms with Crippen molar-refractivity contribution in [3.63, 3.8) is 0 Å². The van der Waals surface area contributed by atoms with Gasteiger partial charge in [-0.25, -0.2) is 4.79 Å². The van der Waals surface area contributed by atoms with Crippen molar-refractivity contribution in [2.24, 2.45) is 0 Å². The molecular weight excluding hydrogens is 328 g/mol. The lowest BCUT2D eigenvalue weighted by molar-refractivity contribution is 0.261. The molecule has 0 heterocycles. The van der Waals surface area contributed by atoms with Crippen molar-refractivity contribution in [1.29, 1.82) is 0 Å². The molecule has 5 heteroatoms. The van der Waals surface area contributed by atoms with Gasteiger partial charge < -0.3 is 20.1 Å². The summed E-state index contributed by atoms with van der Waals surface area (Å²) in [5.41, 5.74) is 2.30. The van der Waals surface area contributed by atoms with Crippen molar-refractivity contribution >= 4 is 17.4 Å². The van der Waals surface area contributed by atoms with Gasteiger partial charge in [0, 0.05) is 5.69 Å². The van der Waals surface area contributed by atoms with Crippen LogP contribution < -0.4 is 20.1 Å². The first-order valence-electron chi connectivity index (χ1n) is 8.22. The molecule has 0 saturated heterocycles. The number of anilines is 2. The van der Waals surface area contributed by atoms with Gasteiger partial charge in [-0.15, -0.1) is 0 Å². The van der Waals surface area contributed by atoms with E-state index in [1.165, 1.54) is 0 Å². The van der Waals surface area contributed by atoms with Crippen LogP contribution in [0, 0.1) is 0 Å². The van der Waals surface area contributed by atoms with Gasteiger partial charge in [0.2, 0.25) is 0 Å². The Hall–Kier alpha value is -3.47. The topological polar surface area (TPSA) is 59.6 Å². The zero-order chi connectivity index (χ0) is 18.2. The van der Waals surface area contributed by atoms with Crippen LogP contribution in [-0.4, -0.2) is 13.1 Å². The minimum atomic E-state index is -0.325. The van der Waals surface area contributed by atoms with Crippen molar-refractivity contribution in [2.75, 3.05) is 17.7 Å². The summed E-state index contributed by atoms with van der Waals surface area (Å²) >= 11 is 0. The standard InChI is InChI=1S/C21H20N2O3/c1-25-18-11-7-8-16(14-18)15-26-20-13-6-5-12-19(20)23-21(24)22-17-9-3-2-4-10-17/h2-14H,15H2,1H3,(H2,22,23,24). The molecule has 0 aliphatic rings. The third-order valence-electron chi connectivity index (χ3n) is 3.70. The molecule has 0 fully saturated rings. The van der Waals surface area contributed by atoms with Gasteiger partial charge >= 0.3 is 6.03 Å². The van der Waals surface area contributed by atoms with E-state index in [-0.39, 0.29) is 6.03 Å². The summed E-state index contributed by atoms with van der Waals surface area (Å²) in [6, 6.07) is 23.9. The Kier molecular flexibility index (Phi) is 5.72. The third kappa shape index (κ3) is 4.77. The third-order valence-corrected chi connectivity index (χ3v) is 3.70. The molecule has 0 bridgehead atoms. The lowest BCUT2D eigenvalue weighted by Gasteiger charge is -2.13. The number of ether oxygens (including phenoxy) is 2. The Morgan fingerprint density at radius 3 is 2.46 bits per heavy atom. The van der Waals surface area contributed by atoms with Crippen LogP contribution in [-0.2, 0) is 6.61 Å². The van der Waals surface area contributed by atoms with Crippen molar-refractivity contribution < 1.29 is 14.3 Å². The number of amides is 2. The van der Waals surface area contributed by atoms with Crippen LogP contribution in [0.1, 0.15) is 5.56 Å². The van der Waals surface area contributed by atoms with Crippen LogP contribution in [0.3, 0.4) is 0 Å². The van der Waals surface area contributed by atoms with E-state index in [0.717, 1.165) is 17.0 Å². The van der Waals surface area contributed by atoms with Crippen LogP contribution in [0.25, 0.3) is 0 Å². The molecule has 0 spiro atoms. The lowest BCUT2D eigenvalue weighted by atomic mass is 10.2. The SMILES string of the molecule is COc1cccc(COc2ccccc2NC(=O)Nc2ccccc2)c1. The number of hydrogen-bond donors (Lipinski definition) is 2. The summed E-state index contributed by atoms with van der Waals surface area (Å²) in [5, 5.41) is 5.60. The molecule has 0 aliphatic heterocycles. The number of nitrogens with one attached hydrogen (secondary N) is 2. The first-order valence-corrected chi connectivity index (χ1v) is 8.22. The maximum absolute atomic E-state index is 12.2. The summed E-state index contributed by atoms with van der Waals surface area (Å²) in [5.74, 6) is 1.37. The van der Waals surface area contributed by atoms with E-state index in [2.05, 4.69) is 10.6 Å². The molecule has 3 aromatic rings. The van der Waals surface area contributed by atoms with Gasteiger partial charge in [0.05, 0.1) is 12.8 Å². The zero-order valence-electron chi connectivity index (χ0n) is 14.4. The second-order valence-corrected chi connectivity index (χ2v) is 5.58. The first-order chi connectivity index (χ1) is 12.7. The van der Waals surface area contributed by atoms with E-state index in [0.29, 0.717) is 18.0 Å². The number of hydrogen-bond acceptors (Lipinski definition) is 3. The molecule has 3 rings (SSSR count). The van der Waals surface area contributed by atoms with E-state index >= 15 is 0 Å². The minimum Gasteiger partial charge on any atom is -0.497 e. The van der Waals surface area contributed by atoms with E-state index < -0.39 is 0 Å². The fourth-order valence-corrected chi connectivity index (χ4v) is 2.43. The smallest absolute Gasteiger partial charge is 0.323 e. The van der Waals surface area contributed by atoms with Crippen molar-refractivity contribution in [3.05, 3.63) is 84.4 Å². The number of methoxy groups -OCH3 is 1. The molecule has 0 saturated carbocycles.